The van der Waals surface area contributed by atoms with Crippen molar-refractivity contribution in [3.63, 3.8) is 0 Å². The normalized spacial score (nSPS) is 17.2. The highest BCUT2D eigenvalue weighted by Crippen LogP contribution is 2.22. The van der Waals surface area contributed by atoms with E-state index in [1.54, 1.807) is 0 Å². The molecular formula is C11H19N. The maximum Gasteiger partial charge on any atom is 0.0265 e. The molecule has 0 aromatic carbocycles. The van der Waals surface area contributed by atoms with Gasteiger partial charge in [-0.3, -0.25) is 4.99 Å². The molecule has 1 rings (SSSR count). The molecule has 1 heterocycles. The molecule has 0 unspecified atom stereocenters. The van der Waals surface area contributed by atoms with Gasteiger partial charge in [-0.25, -0.2) is 0 Å². The molecule has 0 spiro atoms. The summed E-state index contributed by atoms with van der Waals surface area (Å²) in [5.74, 6) is 1.40. The van der Waals surface area contributed by atoms with Crippen LogP contribution in [0.25, 0.3) is 0 Å². The molecule has 12 heavy (non-hydrogen) atoms. The summed E-state index contributed by atoms with van der Waals surface area (Å²) in [6, 6.07) is 0. The maximum atomic E-state index is 4.43. The summed E-state index contributed by atoms with van der Waals surface area (Å²) in [5, 5.41) is 0. The standard InChI is InChI=1S/C11H19N/c1-8(2)5-11-6-10(7-12-11)9(3)4/h7-9H,5-6H2,1-4H3. The van der Waals surface area contributed by atoms with E-state index >= 15 is 0 Å². The lowest BCUT2D eigenvalue weighted by Gasteiger charge is -2.07. The van der Waals surface area contributed by atoms with E-state index in [-0.39, 0.29) is 0 Å². The Hall–Kier alpha value is -0.590. The highest BCUT2D eigenvalue weighted by molar-refractivity contribution is 5.89. The van der Waals surface area contributed by atoms with Crippen molar-refractivity contribution >= 4 is 5.71 Å². The van der Waals surface area contributed by atoms with Crippen molar-refractivity contribution in [2.24, 2.45) is 16.8 Å². The summed E-state index contributed by atoms with van der Waals surface area (Å²) in [4.78, 5) is 4.43. The van der Waals surface area contributed by atoms with E-state index in [0.29, 0.717) is 5.92 Å². The fourth-order valence-corrected chi connectivity index (χ4v) is 1.45. The van der Waals surface area contributed by atoms with Crippen molar-refractivity contribution in [1.29, 1.82) is 0 Å². The van der Waals surface area contributed by atoms with Gasteiger partial charge in [0, 0.05) is 18.3 Å². The molecule has 0 saturated heterocycles. The van der Waals surface area contributed by atoms with Crippen molar-refractivity contribution in [2.75, 3.05) is 0 Å². The second-order valence-corrected chi connectivity index (χ2v) is 4.33. The largest absolute Gasteiger partial charge is 0.265 e. The van der Waals surface area contributed by atoms with E-state index in [0.717, 1.165) is 18.8 Å². The third-order valence-electron chi connectivity index (χ3n) is 2.21. The molecule has 68 valence electrons. The first-order valence-corrected chi connectivity index (χ1v) is 4.84. The second-order valence-electron chi connectivity index (χ2n) is 4.33. The zero-order valence-corrected chi connectivity index (χ0v) is 8.59. The molecule has 0 aliphatic carbocycles. The average molecular weight is 165 g/mol. The Morgan fingerprint density at radius 1 is 1.33 bits per heavy atom. The minimum absolute atomic E-state index is 0.665. The first-order chi connectivity index (χ1) is 5.59. The zero-order valence-electron chi connectivity index (χ0n) is 8.59. The Balaban J connectivity index is 2.40. The van der Waals surface area contributed by atoms with Crippen molar-refractivity contribution in [2.45, 2.75) is 40.5 Å². The minimum atomic E-state index is 0.665. The predicted molar refractivity (Wildman–Crippen MR) is 54.4 cm³/mol. The molecule has 0 amide bonds. The van der Waals surface area contributed by atoms with Crippen LogP contribution in [0.2, 0.25) is 0 Å². The van der Waals surface area contributed by atoms with Gasteiger partial charge in [-0.15, -0.1) is 0 Å². The first-order valence-electron chi connectivity index (χ1n) is 4.84. The first kappa shape index (κ1) is 9.50. The van der Waals surface area contributed by atoms with E-state index in [1.165, 1.54) is 11.3 Å². The van der Waals surface area contributed by atoms with Crippen LogP contribution in [0, 0.1) is 11.8 Å². The van der Waals surface area contributed by atoms with Crippen LogP contribution in [-0.4, -0.2) is 5.71 Å². The number of rotatable bonds is 3. The van der Waals surface area contributed by atoms with Crippen molar-refractivity contribution in [3.05, 3.63) is 11.8 Å². The summed E-state index contributed by atoms with van der Waals surface area (Å²) in [6.45, 7) is 8.96. The fourth-order valence-electron chi connectivity index (χ4n) is 1.45. The summed E-state index contributed by atoms with van der Waals surface area (Å²) in [5.41, 5.74) is 2.86. The fraction of sp³-hybridized carbons (Fsp3) is 0.727. The summed E-state index contributed by atoms with van der Waals surface area (Å²) in [7, 11) is 0. The van der Waals surface area contributed by atoms with Crippen LogP contribution in [-0.2, 0) is 0 Å². The molecule has 0 aromatic rings. The van der Waals surface area contributed by atoms with Gasteiger partial charge in [0.05, 0.1) is 0 Å². The van der Waals surface area contributed by atoms with E-state index in [9.17, 15) is 0 Å². The topological polar surface area (TPSA) is 12.4 Å². The second kappa shape index (κ2) is 3.88. The Labute approximate surface area is 75.6 Å². The van der Waals surface area contributed by atoms with Crippen LogP contribution in [0.4, 0.5) is 0 Å². The molecule has 1 aliphatic rings. The van der Waals surface area contributed by atoms with Gasteiger partial charge in [0.15, 0.2) is 0 Å². The Morgan fingerprint density at radius 2 is 2.00 bits per heavy atom. The van der Waals surface area contributed by atoms with E-state index in [4.69, 9.17) is 0 Å². The van der Waals surface area contributed by atoms with Crippen LogP contribution in [0.5, 0.6) is 0 Å². The molecular weight excluding hydrogens is 146 g/mol. The van der Waals surface area contributed by atoms with Crippen molar-refractivity contribution < 1.29 is 0 Å². The van der Waals surface area contributed by atoms with Gasteiger partial charge in [-0.05, 0) is 23.8 Å². The molecule has 1 nitrogen and oxygen atoms in total. The lowest BCUT2D eigenvalue weighted by molar-refractivity contribution is 0.676. The van der Waals surface area contributed by atoms with Crippen LogP contribution in [0.15, 0.2) is 16.8 Å². The van der Waals surface area contributed by atoms with Crippen LogP contribution < -0.4 is 0 Å². The summed E-state index contributed by atoms with van der Waals surface area (Å²) in [6.07, 6.45) is 4.34. The van der Waals surface area contributed by atoms with E-state index < -0.39 is 0 Å². The Bertz CT molecular complexity index is 209. The highest BCUT2D eigenvalue weighted by atomic mass is 14.7. The molecule has 0 aromatic heterocycles. The molecule has 1 heteroatoms. The predicted octanol–water partition coefficient (Wildman–Crippen LogP) is 3.42. The lowest BCUT2D eigenvalue weighted by atomic mass is 9.97. The molecule has 0 N–H and O–H groups in total. The molecule has 0 saturated carbocycles. The highest BCUT2D eigenvalue weighted by Gasteiger charge is 2.13. The number of hydrogen-bond donors (Lipinski definition) is 0. The Morgan fingerprint density at radius 3 is 2.42 bits per heavy atom. The average Bonchev–Trinajstić information content (AvgIpc) is 2.34. The number of hydrogen-bond acceptors (Lipinski definition) is 1. The number of allylic oxidation sites excluding steroid dienone is 1. The quantitative estimate of drug-likeness (QED) is 0.607. The SMILES string of the molecule is CC(C)CC1=NC=C(C(C)C)C1. The van der Waals surface area contributed by atoms with Gasteiger partial charge in [0.1, 0.15) is 0 Å². The monoisotopic (exact) mass is 165 g/mol. The van der Waals surface area contributed by atoms with Crippen LogP contribution >= 0.6 is 0 Å². The van der Waals surface area contributed by atoms with Gasteiger partial charge >= 0.3 is 0 Å². The molecule has 0 bridgehead atoms. The number of nitrogens with zero attached hydrogens (tertiary/aromatic N) is 1. The lowest BCUT2D eigenvalue weighted by Crippen LogP contribution is -2.02. The van der Waals surface area contributed by atoms with Gasteiger partial charge in [0.25, 0.3) is 0 Å². The Kier molecular flexibility index (Phi) is 3.07. The van der Waals surface area contributed by atoms with Gasteiger partial charge in [0.2, 0.25) is 0 Å². The van der Waals surface area contributed by atoms with Gasteiger partial charge in [-0.1, -0.05) is 27.7 Å². The van der Waals surface area contributed by atoms with Crippen LogP contribution in [0.3, 0.4) is 0 Å². The molecule has 0 radical (unpaired) electrons. The van der Waals surface area contributed by atoms with E-state index in [1.807, 2.05) is 0 Å². The maximum absolute atomic E-state index is 4.43. The molecule has 0 atom stereocenters. The molecule has 1 aliphatic heterocycles. The molecule has 0 fully saturated rings. The summed E-state index contributed by atoms with van der Waals surface area (Å²) >= 11 is 0. The van der Waals surface area contributed by atoms with Crippen molar-refractivity contribution in [1.82, 2.24) is 0 Å². The van der Waals surface area contributed by atoms with Crippen LogP contribution in [0.1, 0.15) is 40.5 Å². The van der Waals surface area contributed by atoms with E-state index in [2.05, 4.69) is 38.9 Å². The smallest absolute Gasteiger partial charge is 0.0265 e. The number of aliphatic imine (C=N–C) groups is 1. The minimum Gasteiger partial charge on any atom is -0.265 e. The summed E-state index contributed by atoms with van der Waals surface area (Å²) < 4.78 is 0. The van der Waals surface area contributed by atoms with Gasteiger partial charge in [-0.2, -0.15) is 0 Å². The third kappa shape index (κ3) is 2.47. The van der Waals surface area contributed by atoms with Crippen molar-refractivity contribution in [3.8, 4) is 0 Å². The van der Waals surface area contributed by atoms with Gasteiger partial charge < -0.3 is 0 Å². The third-order valence-corrected chi connectivity index (χ3v) is 2.21. The zero-order chi connectivity index (χ0) is 9.14.